The third kappa shape index (κ3) is 2.06. The molecule has 0 saturated heterocycles. The van der Waals surface area contributed by atoms with E-state index in [9.17, 15) is 8.78 Å². The SMILES string of the molecule is N#Cc1c(Cl)cc(Cl)nc1C(F)F. The van der Waals surface area contributed by atoms with Crippen molar-refractivity contribution in [2.24, 2.45) is 0 Å². The highest BCUT2D eigenvalue weighted by molar-refractivity contribution is 6.34. The second kappa shape index (κ2) is 3.86. The van der Waals surface area contributed by atoms with Gasteiger partial charge in [0.15, 0.2) is 0 Å². The Morgan fingerprint density at radius 2 is 2.08 bits per heavy atom. The molecule has 0 N–H and O–H groups in total. The maximum atomic E-state index is 12.2. The largest absolute Gasteiger partial charge is 0.281 e. The molecule has 68 valence electrons. The first-order chi connectivity index (χ1) is 6.06. The van der Waals surface area contributed by atoms with Gasteiger partial charge in [0.25, 0.3) is 6.43 Å². The van der Waals surface area contributed by atoms with Crippen LogP contribution in [0, 0.1) is 11.3 Å². The average Bonchev–Trinajstić information content (AvgIpc) is 2.02. The molecule has 0 amide bonds. The standard InChI is InChI=1S/C7H2Cl2F2N2/c8-4-1-5(9)13-6(7(10)11)3(4)2-12/h1,7H. The van der Waals surface area contributed by atoms with Gasteiger partial charge in [-0.05, 0) is 6.07 Å². The second-order valence-corrected chi connectivity index (χ2v) is 2.89. The number of pyridine rings is 1. The van der Waals surface area contributed by atoms with Gasteiger partial charge in [-0.3, -0.25) is 0 Å². The van der Waals surface area contributed by atoms with Gasteiger partial charge in [0.05, 0.1) is 10.6 Å². The molecule has 0 spiro atoms. The zero-order chi connectivity index (χ0) is 10.0. The Morgan fingerprint density at radius 1 is 1.46 bits per heavy atom. The molecule has 0 aliphatic heterocycles. The summed E-state index contributed by atoms with van der Waals surface area (Å²) in [5.74, 6) is 0. The normalized spacial score (nSPS) is 10.2. The molecule has 0 fully saturated rings. The number of hydrogen-bond donors (Lipinski definition) is 0. The third-order valence-corrected chi connectivity index (χ3v) is 1.78. The minimum absolute atomic E-state index is 0.113. The molecule has 0 aliphatic rings. The number of aromatic nitrogens is 1. The third-order valence-electron chi connectivity index (χ3n) is 1.29. The van der Waals surface area contributed by atoms with Gasteiger partial charge in [-0.1, -0.05) is 23.2 Å². The molecule has 0 radical (unpaired) electrons. The summed E-state index contributed by atoms with van der Waals surface area (Å²) in [7, 11) is 0. The van der Waals surface area contributed by atoms with Gasteiger partial charge < -0.3 is 0 Å². The molecular weight excluding hydrogens is 221 g/mol. The van der Waals surface area contributed by atoms with Crippen molar-refractivity contribution >= 4 is 23.2 Å². The van der Waals surface area contributed by atoms with Crippen LogP contribution < -0.4 is 0 Å². The summed E-state index contributed by atoms with van der Waals surface area (Å²) in [4.78, 5) is 3.31. The predicted octanol–water partition coefficient (Wildman–Crippen LogP) is 3.20. The molecule has 0 saturated carbocycles. The van der Waals surface area contributed by atoms with E-state index in [4.69, 9.17) is 28.5 Å². The summed E-state index contributed by atoms with van der Waals surface area (Å²) in [5.41, 5.74) is -1.01. The minimum Gasteiger partial charge on any atom is -0.234 e. The van der Waals surface area contributed by atoms with Gasteiger partial charge in [-0.25, -0.2) is 13.8 Å². The summed E-state index contributed by atoms with van der Waals surface area (Å²) < 4.78 is 24.5. The van der Waals surface area contributed by atoms with Crippen LogP contribution in [-0.4, -0.2) is 4.98 Å². The Kier molecular flexibility index (Phi) is 3.02. The van der Waals surface area contributed by atoms with Crippen LogP contribution in [0.3, 0.4) is 0 Å². The van der Waals surface area contributed by atoms with Crippen LogP contribution in [0.4, 0.5) is 8.78 Å². The Morgan fingerprint density at radius 3 is 2.54 bits per heavy atom. The number of nitriles is 1. The molecule has 13 heavy (non-hydrogen) atoms. The van der Waals surface area contributed by atoms with E-state index in [0.29, 0.717) is 0 Å². The summed E-state index contributed by atoms with van der Waals surface area (Å²) in [6, 6.07) is 2.69. The number of nitrogens with zero attached hydrogens (tertiary/aromatic N) is 2. The zero-order valence-corrected chi connectivity index (χ0v) is 7.57. The van der Waals surface area contributed by atoms with Gasteiger partial charge in [-0.15, -0.1) is 0 Å². The topological polar surface area (TPSA) is 36.7 Å². The summed E-state index contributed by atoms with van der Waals surface area (Å²) in [5, 5.41) is 8.22. The molecule has 2 nitrogen and oxygen atoms in total. The molecule has 6 heteroatoms. The van der Waals surface area contributed by atoms with E-state index in [-0.39, 0.29) is 15.7 Å². The summed E-state index contributed by atoms with van der Waals surface area (Å²) >= 11 is 10.9. The van der Waals surface area contributed by atoms with E-state index >= 15 is 0 Å². The van der Waals surface area contributed by atoms with Crippen molar-refractivity contribution in [1.29, 1.82) is 5.26 Å². The van der Waals surface area contributed by atoms with Crippen LogP contribution >= 0.6 is 23.2 Å². The monoisotopic (exact) mass is 222 g/mol. The van der Waals surface area contributed by atoms with Crippen LogP contribution in [0.1, 0.15) is 17.7 Å². The fraction of sp³-hybridized carbons (Fsp3) is 0.143. The minimum atomic E-state index is -2.86. The quantitative estimate of drug-likeness (QED) is 0.685. The average molecular weight is 223 g/mol. The Balaban J connectivity index is 3.41. The molecule has 1 aromatic heterocycles. The van der Waals surface area contributed by atoms with E-state index in [0.717, 1.165) is 6.07 Å². The zero-order valence-electron chi connectivity index (χ0n) is 6.06. The van der Waals surface area contributed by atoms with Crippen molar-refractivity contribution in [3.05, 3.63) is 27.5 Å². The van der Waals surface area contributed by atoms with Crippen molar-refractivity contribution in [3.8, 4) is 6.07 Å². The predicted molar refractivity (Wildman–Crippen MR) is 43.9 cm³/mol. The lowest BCUT2D eigenvalue weighted by atomic mass is 10.2. The highest BCUT2D eigenvalue weighted by atomic mass is 35.5. The lowest BCUT2D eigenvalue weighted by molar-refractivity contribution is 0.145. The van der Waals surface area contributed by atoms with Gasteiger partial charge >= 0.3 is 0 Å². The number of alkyl halides is 2. The van der Waals surface area contributed by atoms with Crippen LogP contribution in [0.2, 0.25) is 10.2 Å². The highest BCUT2D eigenvalue weighted by Crippen LogP contribution is 2.28. The Bertz CT molecular complexity index is 373. The van der Waals surface area contributed by atoms with E-state index in [2.05, 4.69) is 4.98 Å². The molecule has 0 unspecified atom stereocenters. The maximum absolute atomic E-state index is 12.2. The first-order valence-corrected chi connectivity index (χ1v) is 3.86. The smallest absolute Gasteiger partial charge is 0.234 e. The van der Waals surface area contributed by atoms with Crippen molar-refractivity contribution in [2.75, 3.05) is 0 Å². The number of hydrogen-bond acceptors (Lipinski definition) is 2. The molecular formula is C7H2Cl2F2N2. The molecule has 0 aliphatic carbocycles. The van der Waals surface area contributed by atoms with E-state index in [1.165, 1.54) is 6.07 Å². The van der Waals surface area contributed by atoms with Gasteiger partial charge in [0, 0.05) is 0 Å². The summed E-state index contributed by atoms with van der Waals surface area (Å²) in [6.07, 6.45) is -2.86. The van der Waals surface area contributed by atoms with Crippen molar-refractivity contribution in [1.82, 2.24) is 4.98 Å². The van der Waals surface area contributed by atoms with E-state index in [1.807, 2.05) is 0 Å². The molecule has 0 bridgehead atoms. The lowest BCUT2D eigenvalue weighted by Gasteiger charge is -2.03. The van der Waals surface area contributed by atoms with Gasteiger partial charge in [0.1, 0.15) is 16.9 Å². The molecule has 1 aromatic rings. The highest BCUT2D eigenvalue weighted by Gasteiger charge is 2.18. The Labute approximate surface area is 82.7 Å². The number of rotatable bonds is 1. The lowest BCUT2D eigenvalue weighted by Crippen LogP contribution is -1.96. The molecule has 0 atom stereocenters. The fourth-order valence-corrected chi connectivity index (χ4v) is 1.27. The van der Waals surface area contributed by atoms with Crippen LogP contribution in [-0.2, 0) is 0 Å². The van der Waals surface area contributed by atoms with E-state index in [1.54, 1.807) is 0 Å². The van der Waals surface area contributed by atoms with Crippen molar-refractivity contribution in [2.45, 2.75) is 6.43 Å². The fourth-order valence-electron chi connectivity index (χ4n) is 0.771. The first kappa shape index (κ1) is 10.2. The van der Waals surface area contributed by atoms with E-state index < -0.39 is 12.1 Å². The number of halogens is 4. The van der Waals surface area contributed by atoms with Gasteiger partial charge in [-0.2, -0.15) is 5.26 Å². The van der Waals surface area contributed by atoms with Crippen molar-refractivity contribution < 1.29 is 8.78 Å². The molecule has 1 rings (SSSR count). The maximum Gasteiger partial charge on any atom is 0.281 e. The second-order valence-electron chi connectivity index (χ2n) is 2.10. The molecule has 1 heterocycles. The molecule has 0 aromatic carbocycles. The van der Waals surface area contributed by atoms with Crippen LogP contribution in [0.25, 0.3) is 0 Å². The van der Waals surface area contributed by atoms with Crippen LogP contribution in [0.5, 0.6) is 0 Å². The van der Waals surface area contributed by atoms with Crippen molar-refractivity contribution in [3.63, 3.8) is 0 Å². The Hall–Kier alpha value is -0.920. The van der Waals surface area contributed by atoms with Gasteiger partial charge in [0.2, 0.25) is 0 Å². The summed E-state index contributed by atoms with van der Waals surface area (Å²) in [6.45, 7) is 0. The first-order valence-electron chi connectivity index (χ1n) is 3.10. The van der Waals surface area contributed by atoms with Crippen LogP contribution in [0.15, 0.2) is 6.07 Å².